The molecule has 0 radical (unpaired) electrons. The number of benzene rings is 1. The molecular formula is C16H20BrN3. The summed E-state index contributed by atoms with van der Waals surface area (Å²) in [5, 5.41) is 3.14. The minimum Gasteiger partial charge on any atom is -0.372 e. The van der Waals surface area contributed by atoms with E-state index in [0.717, 1.165) is 27.4 Å². The molecule has 0 saturated heterocycles. The Morgan fingerprint density at radius 1 is 1.15 bits per heavy atom. The van der Waals surface area contributed by atoms with Crippen LogP contribution in [0.3, 0.4) is 0 Å². The van der Waals surface area contributed by atoms with Gasteiger partial charge in [-0.15, -0.1) is 0 Å². The van der Waals surface area contributed by atoms with E-state index in [2.05, 4.69) is 72.1 Å². The maximum atomic E-state index is 4.75. The Balaban J connectivity index is 2.68. The summed E-state index contributed by atoms with van der Waals surface area (Å²) in [6, 6.07) is 6.24. The van der Waals surface area contributed by atoms with Crippen LogP contribution < -0.4 is 5.32 Å². The third-order valence-corrected chi connectivity index (χ3v) is 4.29. The van der Waals surface area contributed by atoms with Crippen LogP contribution in [0, 0.1) is 13.8 Å². The van der Waals surface area contributed by atoms with Crippen LogP contribution in [0.2, 0.25) is 0 Å². The average Bonchev–Trinajstić information content (AvgIpc) is 2.42. The second kappa shape index (κ2) is 5.92. The number of hydrogen-bond acceptors (Lipinski definition) is 3. The highest BCUT2D eigenvalue weighted by Gasteiger charge is 2.16. The van der Waals surface area contributed by atoms with Crippen molar-refractivity contribution in [2.45, 2.75) is 33.6 Å². The van der Waals surface area contributed by atoms with Gasteiger partial charge in [-0.1, -0.05) is 32.0 Å². The standard InChI is InChI=1S/C16H20BrN3/c1-9(2)14-13(17)16(18-5)20-15(19-14)12-8-6-7-10(3)11(12)4/h6-9H,1-5H3,(H,18,19,20). The summed E-state index contributed by atoms with van der Waals surface area (Å²) in [6.45, 7) is 8.50. The van der Waals surface area contributed by atoms with Crippen LogP contribution in [-0.4, -0.2) is 17.0 Å². The van der Waals surface area contributed by atoms with Crippen molar-refractivity contribution < 1.29 is 0 Å². The number of nitrogens with one attached hydrogen (secondary N) is 1. The molecule has 4 heteroatoms. The van der Waals surface area contributed by atoms with Crippen molar-refractivity contribution in [3.05, 3.63) is 39.5 Å². The van der Waals surface area contributed by atoms with E-state index >= 15 is 0 Å². The lowest BCUT2D eigenvalue weighted by molar-refractivity contribution is 0.810. The smallest absolute Gasteiger partial charge is 0.162 e. The summed E-state index contributed by atoms with van der Waals surface area (Å²) >= 11 is 3.59. The van der Waals surface area contributed by atoms with Gasteiger partial charge in [0, 0.05) is 12.6 Å². The molecule has 0 atom stereocenters. The fourth-order valence-corrected chi connectivity index (χ4v) is 2.96. The highest BCUT2D eigenvalue weighted by Crippen LogP contribution is 2.32. The van der Waals surface area contributed by atoms with E-state index in [1.165, 1.54) is 11.1 Å². The fourth-order valence-electron chi connectivity index (χ4n) is 2.13. The Kier molecular flexibility index (Phi) is 4.43. The zero-order chi connectivity index (χ0) is 14.9. The Hall–Kier alpha value is -1.42. The van der Waals surface area contributed by atoms with Gasteiger partial charge in [0.25, 0.3) is 0 Å². The van der Waals surface area contributed by atoms with Crippen LogP contribution in [0.15, 0.2) is 22.7 Å². The van der Waals surface area contributed by atoms with Crippen LogP contribution in [-0.2, 0) is 0 Å². The maximum absolute atomic E-state index is 4.75. The third-order valence-electron chi connectivity index (χ3n) is 3.51. The van der Waals surface area contributed by atoms with Gasteiger partial charge in [0.15, 0.2) is 5.82 Å². The lowest BCUT2D eigenvalue weighted by Gasteiger charge is -2.15. The number of nitrogens with zero attached hydrogens (tertiary/aromatic N) is 2. The number of aromatic nitrogens is 2. The lowest BCUT2D eigenvalue weighted by Crippen LogP contribution is -2.05. The average molecular weight is 334 g/mol. The summed E-state index contributed by atoms with van der Waals surface area (Å²) in [5.41, 5.74) is 4.61. The second-order valence-electron chi connectivity index (χ2n) is 5.25. The molecule has 1 heterocycles. The van der Waals surface area contributed by atoms with Gasteiger partial charge in [0.1, 0.15) is 5.82 Å². The third kappa shape index (κ3) is 2.70. The number of anilines is 1. The Labute approximate surface area is 129 Å². The minimum absolute atomic E-state index is 0.336. The van der Waals surface area contributed by atoms with Gasteiger partial charge in [0.05, 0.1) is 10.2 Å². The van der Waals surface area contributed by atoms with Gasteiger partial charge < -0.3 is 5.32 Å². The van der Waals surface area contributed by atoms with E-state index < -0.39 is 0 Å². The Bertz CT molecular complexity index is 636. The van der Waals surface area contributed by atoms with Crippen molar-refractivity contribution in [3.63, 3.8) is 0 Å². The van der Waals surface area contributed by atoms with Crippen molar-refractivity contribution in [1.82, 2.24) is 9.97 Å². The molecule has 0 aliphatic carbocycles. The molecule has 2 aromatic rings. The predicted molar refractivity (Wildman–Crippen MR) is 88.3 cm³/mol. The van der Waals surface area contributed by atoms with Crippen molar-refractivity contribution in [2.75, 3.05) is 12.4 Å². The summed E-state index contributed by atoms with van der Waals surface area (Å²) in [4.78, 5) is 9.39. The Morgan fingerprint density at radius 3 is 2.45 bits per heavy atom. The normalized spacial score (nSPS) is 10.9. The predicted octanol–water partition coefficient (Wildman–Crippen LogP) is 4.69. The number of halogens is 1. The van der Waals surface area contributed by atoms with Crippen molar-refractivity contribution in [2.24, 2.45) is 0 Å². The second-order valence-corrected chi connectivity index (χ2v) is 6.04. The molecule has 0 spiro atoms. The van der Waals surface area contributed by atoms with Gasteiger partial charge in [-0.3, -0.25) is 0 Å². The molecule has 3 nitrogen and oxygen atoms in total. The van der Waals surface area contributed by atoms with E-state index in [0.29, 0.717) is 5.92 Å². The molecule has 0 saturated carbocycles. The first kappa shape index (κ1) is 15.0. The number of rotatable bonds is 3. The summed E-state index contributed by atoms with van der Waals surface area (Å²) in [7, 11) is 1.88. The SMILES string of the molecule is CNc1nc(-c2cccc(C)c2C)nc(C(C)C)c1Br. The molecule has 1 N–H and O–H groups in total. The molecule has 0 aliphatic rings. The van der Waals surface area contributed by atoms with Crippen LogP contribution in [0.4, 0.5) is 5.82 Å². The van der Waals surface area contributed by atoms with Crippen LogP contribution in [0.25, 0.3) is 11.4 Å². The molecule has 0 amide bonds. The summed E-state index contributed by atoms with van der Waals surface area (Å²) in [5.74, 6) is 1.95. The highest BCUT2D eigenvalue weighted by atomic mass is 79.9. The summed E-state index contributed by atoms with van der Waals surface area (Å²) < 4.78 is 0.948. The molecule has 20 heavy (non-hydrogen) atoms. The quantitative estimate of drug-likeness (QED) is 0.885. The number of aryl methyl sites for hydroxylation is 1. The molecule has 106 valence electrons. The van der Waals surface area contributed by atoms with E-state index in [9.17, 15) is 0 Å². The zero-order valence-corrected chi connectivity index (χ0v) is 14.2. The first-order chi connectivity index (χ1) is 9.45. The van der Waals surface area contributed by atoms with Crippen molar-refractivity contribution in [1.29, 1.82) is 0 Å². The zero-order valence-electron chi connectivity index (χ0n) is 12.6. The van der Waals surface area contributed by atoms with Crippen LogP contribution in [0.1, 0.15) is 36.6 Å². The molecule has 0 bridgehead atoms. The van der Waals surface area contributed by atoms with Crippen LogP contribution >= 0.6 is 15.9 Å². The molecule has 1 aromatic carbocycles. The molecule has 0 fully saturated rings. The molecule has 1 aromatic heterocycles. The van der Waals surface area contributed by atoms with Crippen molar-refractivity contribution in [3.8, 4) is 11.4 Å². The fraction of sp³-hybridized carbons (Fsp3) is 0.375. The first-order valence-corrected chi connectivity index (χ1v) is 7.56. The minimum atomic E-state index is 0.336. The summed E-state index contributed by atoms with van der Waals surface area (Å²) in [6.07, 6.45) is 0. The number of hydrogen-bond donors (Lipinski definition) is 1. The largest absolute Gasteiger partial charge is 0.372 e. The Morgan fingerprint density at radius 2 is 1.85 bits per heavy atom. The molecule has 0 unspecified atom stereocenters. The topological polar surface area (TPSA) is 37.8 Å². The van der Waals surface area contributed by atoms with Gasteiger partial charge in [-0.25, -0.2) is 9.97 Å². The van der Waals surface area contributed by atoms with Crippen molar-refractivity contribution >= 4 is 21.7 Å². The lowest BCUT2D eigenvalue weighted by atomic mass is 10.0. The van der Waals surface area contributed by atoms with Gasteiger partial charge >= 0.3 is 0 Å². The van der Waals surface area contributed by atoms with Gasteiger partial charge in [0.2, 0.25) is 0 Å². The maximum Gasteiger partial charge on any atom is 0.162 e. The van der Waals surface area contributed by atoms with Crippen LogP contribution in [0.5, 0.6) is 0 Å². The molecular weight excluding hydrogens is 314 g/mol. The molecule has 0 aliphatic heterocycles. The highest BCUT2D eigenvalue weighted by molar-refractivity contribution is 9.10. The van der Waals surface area contributed by atoms with E-state index in [4.69, 9.17) is 4.98 Å². The van der Waals surface area contributed by atoms with E-state index in [-0.39, 0.29) is 0 Å². The van der Waals surface area contributed by atoms with Gasteiger partial charge in [-0.2, -0.15) is 0 Å². The van der Waals surface area contributed by atoms with E-state index in [1.54, 1.807) is 0 Å². The van der Waals surface area contributed by atoms with Gasteiger partial charge in [-0.05, 0) is 46.8 Å². The monoisotopic (exact) mass is 333 g/mol. The first-order valence-electron chi connectivity index (χ1n) is 6.77. The molecule has 2 rings (SSSR count). The van der Waals surface area contributed by atoms with E-state index in [1.807, 2.05) is 7.05 Å².